The first-order chi connectivity index (χ1) is 14.9. The van der Waals surface area contributed by atoms with Gasteiger partial charge in [-0.05, 0) is 71.0 Å². The summed E-state index contributed by atoms with van der Waals surface area (Å²) in [7, 11) is 3.14. The monoisotopic (exact) mass is 568 g/mol. The maximum Gasteiger partial charge on any atom is 0.266 e. The number of nitrogens with one attached hydrogen (secondary N) is 1. The largest absolute Gasteiger partial charge is 0.493 e. The van der Waals surface area contributed by atoms with Crippen LogP contribution in [0.2, 0.25) is 0 Å². The number of thioether (sulfide) groups is 1. The Balaban J connectivity index is 1.57. The van der Waals surface area contributed by atoms with Crippen LogP contribution in [-0.4, -0.2) is 41.8 Å². The summed E-state index contributed by atoms with van der Waals surface area (Å²) in [4.78, 5) is 27.1. The third-order valence-electron chi connectivity index (χ3n) is 4.47. The van der Waals surface area contributed by atoms with Gasteiger partial charge in [0.25, 0.3) is 5.91 Å². The fourth-order valence-corrected chi connectivity index (χ4v) is 4.83. The Morgan fingerprint density at radius 2 is 1.97 bits per heavy atom. The molecule has 0 spiro atoms. The number of hydrogen-bond donors (Lipinski definition) is 1. The van der Waals surface area contributed by atoms with Gasteiger partial charge < -0.3 is 14.8 Å². The number of methoxy groups -OCH3 is 2. The van der Waals surface area contributed by atoms with E-state index in [1.54, 1.807) is 37.3 Å². The Kier molecular flexibility index (Phi) is 8.33. The Morgan fingerprint density at radius 3 is 2.68 bits per heavy atom. The fraction of sp³-hybridized carbons (Fsp3) is 0.227. The smallest absolute Gasteiger partial charge is 0.266 e. The second-order valence-electron chi connectivity index (χ2n) is 6.61. The molecule has 6 nitrogen and oxygen atoms in total. The molecule has 0 radical (unpaired) electrons. The van der Waals surface area contributed by atoms with Crippen molar-refractivity contribution in [3.05, 3.63) is 56.5 Å². The number of nitrogens with zero attached hydrogens (tertiary/aromatic N) is 1. The number of rotatable bonds is 8. The molecule has 31 heavy (non-hydrogen) atoms. The normalized spacial score (nSPS) is 14.8. The van der Waals surface area contributed by atoms with Crippen molar-refractivity contribution in [2.24, 2.45) is 0 Å². The molecule has 0 bridgehead atoms. The number of thiocarbonyl (C=S) groups is 1. The minimum Gasteiger partial charge on any atom is -0.493 e. The Labute approximate surface area is 204 Å². The second-order valence-corrected chi connectivity index (χ2v) is 9.53. The number of carbonyl (C=O) groups is 2. The lowest BCUT2D eigenvalue weighted by atomic mass is 10.2. The summed E-state index contributed by atoms with van der Waals surface area (Å²) in [6.45, 7) is 0.397. The summed E-state index contributed by atoms with van der Waals surface area (Å²) in [6.07, 6.45) is 2.61. The highest BCUT2D eigenvalue weighted by Crippen LogP contribution is 2.34. The zero-order chi connectivity index (χ0) is 22.4. The van der Waals surface area contributed by atoms with Gasteiger partial charge in [0.15, 0.2) is 11.5 Å². The van der Waals surface area contributed by atoms with E-state index >= 15 is 0 Å². The zero-order valence-corrected chi connectivity index (χ0v) is 20.8. The molecule has 1 heterocycles. The predicted molar refractivity (Wildman–Crippen MR) is 136 cm³/mol. The molecule has 1 N–H and O–H groups in total. The summed E-state index contributed by atoms with van der Waals surface area (Å²) < 4.78 is 12.1. The standard InChI is InChI=1S/C22H21IN2O4S2/c1-28-17-9-8-14(11-18(17)29-2)12-19-21(27)25(22(30)31-19)10-4-7-20(26)24-16-6-3-5-15(23)13-16/h3,5-6,8-9,11-13H,4,7,10H2,1-2H3,(H,24,26)/b19-12-. The van der Waals surface area contributed by atoms with Crippen molar-refractivity contribution in [3.63, 3.8) is 0 Å². The highest BCUT2D eigenvalue weighted by Gasteiger charge is 2.31. The molecule has 0 saturated carbocycles. The molecule has 1 saturated heterocycles. The van der Waals surface area contributed by atoms with E-state index in [-0.39, 0.29) is 11.8 Å². The minimum atomic E-state index is -0.150. The average Bonchev–Trinajstić information content (AvgIpc) is 3.01. The van der Waals surface area contributed by atoms with Gasteiger partial charge in [-0.2, -0.15) is 0 Å². The molecule has 3 rings (SSSR count). The van der Waals surface area contributed by atoms with Gasteiger partial charge in [0.05, 0.1) is 19.1 Å². The Morgan fingerprint density at radius 1 is 1.19 bits per heavy atom. The van der Waals surface area contributed by atoms with Crippen molar-refractivity contribution in [2.75, 3.05) is 26.1 Å². The molecule has 1 aliphatic heterocycles. The van der Waals surface area contributed by atoms with E-state index in [2.05, 4.69) is 27.9 Å². The number of hydrogen-bond acceptors (Lipinski definition) is 6. The third kappa shape index (κ3) is 6.20. The molecule has 0 atom stereocenters. The van der Waals surface area contributed by atoms with E-state index in [4.69, 9.17) is 21.7 Å². The van der Waals surface area contributed by atoms with Gasteiger partial charge in [-0.25, -0.2) is 0 Å². The quantitative estimate of drug-likeness (QED) is 0.277. The van der Waals surface area contributed by atoms with E-state index in [1.807, 2.05) is 30.3 Å². The first kappa shape index (κ1) is 23.6. The van der Waals surface area contributed by atoms with Crippen molar-refractivity contribution < 1.29 is 19.1 Å². The van der Waals surface area contributed by atoms with Crippen LogP contribution in [0.1, 0.15) is 18.4 Å². The molecule has 2 aromatic carbocycles. The van der Waals surface area contributed by atoms with Crippen LogP contribution < -0.4 is 14.8 Å². The van der Waals surface area contributed by atoms with Crippen LogP contribution in [0, 0.1) is 3.57 Å². The highest BCUT2D eigenvalue weighted by atomic mass is 127. The van der Waals surface area contributed by atoms with Crippen LogP contribution in [0.15, 0.2) is 47.4 Å². The van der Waals surface area contributed by atoms with Crippen molar-refractivity contribution in [3.8, 4) is 11.5 Å². The van der Waals surface area contributed by atoms with Gasteiger partial charge in [0.1, 0.15) is 4.32 Å². The van der Waals surface area contributed by atoms with Gasteiger partial charge in [-0.3, -0.25) is 14.5 Å². The van der Waals surface area contributed by atoms with Gasteiger partial charge in [0, 0.05) is 22.2 Å². The number of benzene rings is 2. The van der Waals surface area contributed by atoms with Gasteiger partial charge in [-0.1, -0.05) is 36.1 Å². The summed E-state index contributed by atoms with van der Waals surface area (Å²) in [6, 6.07) is 13.0. The average molecular weight is 568 g/mol. The van der Waals surface area contributed by atoms with Gasteiger partial charge >= 0.3 is 0 Å². The predicted octanol–water partition coefficient (Wildman–Crippen LogP) is 4.93. The topological polar surface area (TPSA) is 67.9 Å². The maximum absolute atomic E-state index is 12.8. The molecule has 0 aromatic heterocycles. The van der Waals surface area contributed by atoms with Crippen LogP contribution in [0.25, 0.3) is 6.08 Å². The number of carbonyl (C=O) groups excluding carboxylic acids is 2. The molecular weight excluding hydrogens is 547 g/mol. The molecule has 0 unspecified atom stereocenters. The van der Waals surface area contributed by atoms with Crippen LogP contribution in [0.3, 0.4) is 0 Å². The maximum atomic E-state index is 12.8. The number of anilines is 1. The van der Waals surface area contributed by atoms with E-state index in [9.17, 15) is 9.59 Å². The summed E-state index contributed by atoms with van der Waals surface area (Å²) in [5.74, 6) is 0.970. The fourth-order valence-electron chi connectivity index (χ4n) is 2.97. The summed E-state index contributed by atoms with van der Waals surface area (Å²) >= 11 is 8.83. The van der Waals surface area contributed by atoms with E-state index in [0.717, 1.165) is 14.8 Å². The lowest BCUT2D eigenvalue weighted by molar-refractivity contribution is -0.122. The lowest BCUT2D eigenvalue weighted by Crippen LogP contribution is -2.29. The Hall–Kier alpha value is -2.11. The molecule has 1 fully saturated rings. The zero-order valence-electron chi connectivity index (χ0n) is 17.0. The van der Waals surface area contributed by atoms with Crippen LogP contribution in [0.4, 0.5) is 5.69 Å². The van der Waals surface area contributed by atoms with Crippen LogP contribution >= 0.6 is 46.6 Å². The highest BCUT2D eigenvalue weighted by molar-refractivity contribution is 14.1. The van der Waals surface area contributed by atoms with E-state index in [0.29, 0.717) is 40.1 Å². The molecule has 162 valence electrons. The van der Waals surface area contributed by atoms with Crippen LogP contribution in [0.5, 0.6) is 11.5 Å². The van der Waals surface area contributed by atoms with E-state index in [1.165, 1.54) is 11.8 Å². The van der Waals surface area contributed by atoms with Crippen molar-refractivity contribution >= 4 is 74.5 Å². The van der Waals surface area contributed by atoms with Gasteiger partial charge in [0.2, 0.25) is 5.91 Å². The van der Waals surface area contributed by atoms with Crippen LogP contribution in [-0.2, 0) is 9.59 Å². The molecule has 9 heteroatoms. The molecule has 0 aliphatic carbocycles. The van der Waals surface area contributed by atoms with Crippen molar-refractivity contribution in [1.82, 2.24) is 4.90 Å². The number of amides is 2. The third-order valence-corrected chi connectivity index (χ3v) is 6.52. The molecule has 2 aromatic rings. The number of halogens is 1. The van der Waals surface area contributed by atoms with Gasteiger partial charge in [-0.15, -0.1) is 0 Å². The SMILES string of the molecule is COc1ccc(/C=C2\SC(=S)N(CCCC(=O)Nc3cccc(I)c3)C2=O)cc1OC. The Bertz CT molecular complexity index is 1040. The second kappa shape index (κ2) is 11.0. The first-order valence-electron chi connectivity index (χ1n) is 9.44. The minimum absolute atomic E-state index is 0.0895. The molecule has 1 aliphatic rings. The van der Waals surface area contributed by atoms with E-state index < -0.39 is 0 Å². The van der Waals surface area contributed by atoms with Crippen molar-refractivity contribution in [2.45, 2.75) is 12.8 Å². The molecule has 2 amide bonds. The molecular formula is C22H21IN2O4S2. The van der Waals surface area contributed by atoms with Crippen molar-refractivity contribution in [1.29, 1.82) is 0 Å². The number of ether oxygens (including phenoxy) is 2. The summed E-state index contributed by atoms with van der Waals surface area (Å²) in [5, 5.41) is 2.87. The lowest BCUT2D eigenvalue weighted by Gasteiger charge is -2.14. The first-order valence-corrected chi connectivity index (χ1v) is 11.7. The summed E-state index contributed by atoms with van der Waals surface area (Å²) in [5.41, 5.74) is 1.58.